The molecule has 58 valence electrons. The standard InChI is InChI=1S/C9H10O2/c1-6-3-7(2)8(10)9(4-6)5-11-9/h3-4H,5H2,1-2H3. The van der Waals surface area contributed by atoms with Gasteiger partial charge in [0.15, 0.2) is 11.4 Å². The first-order valence-corrected chi connectivity index (χ1v) is 3.71. The highest BCUT2D eigenvalue weighted by atomic mass is 16.6. The van der Waals surface area contributed by atoms with Crippen LogP contribution in [-0.2, 0) is 9.53 Å². The highest BCUT2D eigenvalue weighted by Crippen LogP contribution is 2.36. The molecule has 2 heteroatoms. The topological polar surface area (TPSA) is 29.6 Å². The van der Waals surface area contributed by atoms with Gasteiger partial charge in [-0.15, -0.1) is 0 Å². The summed E-state index contributed by atoms with van der Waals surface area (Å²) in [4.78, 5) is 11.4. The molecule has 0 aromatic rings. The van der Waals surface area contributed by atoms with Crippen LogP contribution in [0.5, 0.6) is 0 Å². The molecule has 0 aromatic carbocycles. The second kappa shape index (κ2) is 1.83. The molecule has 1 saturated heterocycles. The average Bonchev–Trinajstić information content (AvgIpc) is 2.65. The predicted octanol–water partition coefficient (Wildman–Crippen LogP) is 1.23. The van der Waals surface area contributed by atoms with Gasteiger partial charge >= 0.3 is 0 Å². The summed E-state index contributed by atoms with van der Waals surface area (Å²) in [5.74, 6) is 0.128. The maximum Gasteiger partial charge on any atom is 0.196 e. The number of allylic oxidation sites excluding steroid dienone is 2. The number of carbonyl (C=O) groups is 1. The van der Waals surface area contributed by atoms with Crippen molar-refractivity contribution in [2.24, 2.45) is 0 Å². The summed E-state index contributed by atoms with van der Waals surface area (Å²) in [6, 6.07) is 0. The fraction of sp³-hybridized carbons (Fsp3) is 0.444. The van der Waals surface area contributed by atoms with E-state index in [1.54, 1.807) is 0 Å². The van der Waals surface area contributed by atoms with E-state index in [1.165, 1.54) is 0 Å². The summed E-state index contributed by atoms with van der Waals surface area (Å²) in [7, 11) is 0. The molecule has 1 unspecified atom stereocenters. The molecule has 0 amide bonds. The lowest BCUT2D eigenvalue weighted by molar-refractivity contribution is -0.119. The van der Waals surface area contributed by atoms with Gasteiger partial charge in [0.05, 0.1) is 6.61 Å². The molecule has 1 aliphatic carbocycles. The largest absolute Gasteiger partial charge is 0.356 e. The number of ether oxygens (including phenoxy) is 1. The second-order valence-electron chi connectivity index (χ2n) is 3.22. The number of ketones is 1. The van der Waals surface area contributed by atoms with Crippen LogP contribution >= 0.6 is 0 Å². The van der Waals surface area contributed by atoms with E-state index in [1.807, 2.05) is 26.0 Å². The monoisotopic (exact) mass is 150 g/mol. The maximum absolute atomic E-state index is 11.4. The molecule has 2 aliphatic rings. The highest BCUT2D eigenvalue weighted by Gasteiger charge is 2.51. The van der Waals surface area contributed by atoms with Gasteiger partial charge in [-0.05, 0) is 25.5 Å². The van der Waals surface area contributed by atoms with Crippen LogP contribution in [0.2, 0.25) is 0 Å². The van der Waals surface area contributed by atoms with Crippen LogP contribution in [-0.4, -0.2) is 18.0 Å². The van der Waals surface area contributed by atoms with Crippen LogP contribution in [0.4, 0.5) is 0 Å². The van der Waals surface area contributed by atoms with Crippen LogP contribution in [0.1, 0.15) is 13.8 Å². The Bertz CT molecular complexity index is 280. The lowest BCUT2D eigenvalue weighted by Gasteiger charge is -2.12. The summed E-state index contributed by atoms with van der Waals surface area (Å²) in [6.07, 6.45) is 3.80. The van der Waals surface area contributed by atoms with Crippen molar-refractivity contribution < 1.29 is 9.53 Å². The number of hydrogen-bond donors (Lipinski definition) is 0. The van der Waals surface area contributed by atoms with E-state index in [2.05, 4.69) is 0 Å². The molecule has 0 saturated carbocycles. The average molecular weight is 150 g/mol. The molecular weight excluding hydrogens is 140 g/mol. The molecule has 1 heterocycles. The molecule has 0 N–H and O–H groups in total. The number of hydrogen-bond acceptors (Lipinski definition) is 2. The molecule has 2 rings (SSSR count). The Hall–Kier alpha value is -0.890. The van der Waals surface area contributed by atoms with E-state index in [0.29, 0.717) is 6.61 Å². The predicted molar refractivity (Wildman–Crippen MR) is 41.2 cm³/mol. The van der Waals surface area contributed by atoms with Crippen molar-refractivity contribution in [1.82, 2.24) is 0 Å². The number of rotatable bonds is 0. The fourth-order valence-electron chi connectivity index (χ4n) is 1.51. The first-order chi connectivity index (χ1) is 5.14. The summed E-state index contributed by atoms with van der Waals surface area (Å²) in [5, 5.41) is 0. The van der Waals surface area contributed by atoms with Crippen LogP contribution in [0, 0.1) is 0 Å². The summed E-state index contributed by atoms with van der Waals surface area (Å²) < 4.78 is 5.12. The van der Waals surface area contributed by atoms with Gasteiger partial charge in [0.25, 0.3) is 0 Å². The number of epoxide rings is 1. The Morgan fingerprint density at radius 2 is 2.18 bits per heavy atom. The van der Waals surface area contributed by atoms with Gasteiger partial charge in [-0.1, -0.05) is 11.6 Å². The second-order valence-corrected chi connectivity index (χ2v) is 3.22. The Morgan fingerprint density at radius 1 is 1.55 bits per heavy atom. The lowest BCUT2D eigenvalue weighted by Crippen LogP contribution is -2.25. The molecule has 0 radical (unpaired) electrons. The van der Waals surface area contributed by atoms with Gasteiger partial charge in [-0.25, -0.2) is 0 Å². The SMILES string of the molecule is CC1=CC2(CO2)C(=O)C(C)=C1. The molecular formula is C9H10O2. The summed E-state index contributed by atoms with van der Waals surface area (Å²) in [6.45, 7) is 4.38. The van der Waals surface area contributed by atoms with Crippen molar-refractivity contribution in [3.8, 4) is 0 Å². The van der Waals surface area contributed by atoms with Gasteiger partial charge in [-0.3, -0.25) is 4.79 Å². The number of Topliss-reactive ketones (excluding diaryl/α,β-unsaturated/α-hetero) is 1. The van der Waals surface area contributed by atoms with Gasteiger partial charge < -0.3 is 4.74 Å². The summed E-state index contributed by atoms with van der Waals surface area (Å²) in [5.41, 5.74) is 1.39. The Kier molecular flexibility index (Phi) is 1.13. The van der Waals surface area contributed by atoms with Gasteiger partial charge in [-0.2, -0.15) is 0 Å². The van der Waals surface area contributed by atoms with Gasteiger partial charge in [0.1, 0.15) is 0 Å². The smallest absolute Gasteiger partial charge is 0.196 e. The van der Waals surface area contributed by atoms with Crippen molar-refractivity contribution in [1.29, 1.82) is 0 Å². The molecule has 1 aliphatic heterocycles. The first kappa shape index (κ1) is 6.80. The van der Waals surface area contributed by atoms with Crippen LogP contribution in [0.15, 0.2) is 23.3 Å². The molecule has 0 aromatic heterocycles. The first-order valence-electron chi connectivity index (χ1n) is 3.71. The molecule has 2 nitrogen and oxygen atoms in total. The molecule has 1 spiro atoms. The van der Waals surface area contributed by atoms with E-state index < -0.39 is 5.60 Å². The van der Waals surface area contributed by atoms with E-state index in [-0.39, 0.29) is 5.78 Å². The molecule has 1 fully saturated rings. The van der Waals surface area contributed by atoms with Gasteiger partial charge in [0.2, 0.25) is 0 Å². The zero-order chi connectivity index (χ0) is 8.06. The Labute approximate surface area is 65.5 Å². The van der Waals surface area contributed by atoms with Crippen LogP contribution in [0.25, 0.3) is 0 Å². The van der Waals surface area contributed by atoms with E-state index in [0.717, 1.165) is 11.1 Å². The molecule has 1 atom stereocenters. The molecule has 11 heavy (non-hydrogen) atoms. The maximum atomic E-state index is 11.4. The Morgan fingerprint density at radius 3 is 2.73 bits per heavy atom. The highest BCUT2D eigenvalue weighted by molar-refractivity contribution is 6.06. The van der Waals surface area contributed by atoms with Crippen molar-refractivity contribution in [2.75, 3.05) is 6.61 Å². The third kappa shape index (κ3) is 0.862. The van der Waals surface area contributed by atoms with Crippen molar-refractivity contribution in [3.05, 3.63) is 23.3 Å². The fourth-order valence-corrected chi connectivity index (χ4v) is 1.51. The minimum atomic E-state index is -0.539. The van der Waals surface area contributed by atoms with Crippen molar-refractivity contribution in [3.63, 3.8) is 0 Å². The normalized spacial score (nSPS) is 35.3. The zero-order valence-corrected chi connectivity index (χ0v) is 6.68. The third-order valence-corrected chi connectivity index (χ3v) is 2.10. The van der Waals surface area contributed by atoms with E-state index in [4.69, 9.17) is 4.74 Å². The number of carbonyl (C=O) groups excluding carboxylic acids is 1. The third-order valence-electron chi connectivity index (χ3n) is 2.10. The summed E-state index contributed by atoms with van der Waals surface area (Å²) >= 11 is 0. The van der Waals surface area contributed by atoms with Crippen molar-refractivity contribution >= 4 is 5.78 Å². The van der Waals surface area contributed by atoms with Crippen LogP contribution < -0.4 is 0 Å². The Balaban J connectivity index is 2.43. The van der Waals surface area contributed by atoms with Gasteiger partial charge in [0, 0.05) is 0 Å². The molecule has 0 bridgehead atoms. The van der Waals surface area contributed by atoms with Crippen LogP contribution in [0.3, 0.4) is 0 Å². The lowest BCUT2D eigenvalue weighted by atomic mass is 9.91. The minimum absolute atomic E-state index is 0.128. The van der Waals surface area contributed by atoms with Crippen molar-refractivity contribution in [2.45, 2.75) is 19.4 Å². The quantitative estimate of drug-likeness (QED) is 0.486. The minimum Gasteiger partial charge on any atom is -0.356 e. The zero-order valence-electron chi connectivity index (χ0n) is 6.68. The van der Waals surface area contributed by atoms with E-state index >= 15 is 0 Å². The van der Waals surface area contributed by atoms with E-state index in [9.17, 15) is 4.79 Å².